The van der Waals surface area contributed by atoms with Crippen molar-refractivity contribution < 1.29 is 19.1 Å². The zero-order valence-corrected chi connectivity index (χ0v) is 17.6. The number of aromatic nitrogens is 1. The van der Waals surface area contributed by atoms with Gasteiger partial charge in [-0.25, -0.2) is 4.79 Å². The van der Waals surface area contributed by atoms with Crippen molar-refractivity contribution in [2.24, 2.45) is 5.92 Å². The molecule has 0 bridgehead atoms. The summed E-state index contributed by atoms with van der Waals surface area (Å²) >= 11 is 0. The number of benzene rings is 2. The number of amides is 1. The summed E-state index contributed by atoms with van der Waals surface area (Å²) in [5, 5.41) is 3.43. The topological polar surface area (TPSA) is 85.4 Å². The summed E-state index contributed by atoms with van der Waals surface area (Å²) in [4.78, 5) is 41.5. The number of ether oxygens (including phenoxy) is 1. The molecule has 1 heterocycles. The van der Waals surface area contributed by atoms with Gasteiger partial charge in [0.05, 0.1) is 11.1 Å². The van der Waals surface area contributed by atoms with Gasteiger partial charge in [-0.2, -0.15) is 0 Å². The molecule has 1 aromatic heterocycles. The number of carbonyl (C=O) groups is 3. The summed E-state index contributed by atoms with van der Waals surface area (Å²) in [6, 6.07) is 14.1. The standard InChI is InChI=1S/C25H24N2O4/c1-15-7-12-22-20(13-15)24(19-5-3-4-6-21(19)27-22)25(30)31-14-23(29)26-18-10-8-17(9-11-18)16(2)28/h3-6,8-11,15H,7,12-14H2,1-2H3,(H,26,29)/t15-/m0/s1. The maximum Gasteiger partial charge on any atom is 0.339 e. The Hall–Kier alpha value is -3.54. The van der Waals surface area contributed by atoms with E-state index in [1.165, 1.54) is 6.92 Å². The first kappa shape index (κ1) is 20.7. The number of rotatable bonds is 5. The molecule has 0 saturated carbocycles. The fourth-order valence-electron chi connectivity index (χ4n) is 3.98. The van der Waals surface area contributed by atoms with Crippen LogP contribution in [0.1, 0.15) is 52.2 Å². The van der Waals surface area contributed by atoms with E-state index in [2.05, 4.69) is 12.2 Å². The SMILES string of the molecule is CC(=O)c1ccc(NC(=O)COC(=O)c2c3c(nc4ccccc24)CC[C@H](C)C3)cc1. The van der Waals surface area contributed by atoms with Gasteiger partial charge in [-0.15, -0.1) is 0 Å². The third kappa shape index (κ3) is 4.48. The number of para-hydroxylation sites is 1. The van der Waals surface area contributed by atoms with E-state index in [0.29, 0.717) is 22.7 Å². The Bertz CT molecular complexity index is 1170. The summed E-state index contributed by atoms with van der Waals surface area (Å²) in [5.74, 6) is -0.534. The lowest BCUT2D eigenvalue weighted by Gasteiger charge is -2.24. The second kappa shape index (κ2) is 8.68. The Morgan fingerprint density at radius 2 is 1.84 bits per heavy atom. The fraction of sp³-hybridized carbons (Fsp3) is 0.280. The highest BCUT2D eigenvalue weighted by atomic mass is 16.5. The molecule has 0 aliphatic heterocycles. The number of pyridine rings is 1. The van der Waals surface area contributed by atoms with Gasteiger partial charge < -0.3 is 10.1 Å². The zero-order chi connectivity index (χ0) is 22.0. The Labute approximate surface area is 180 Å². The molecule has 0 fully saturated rings. The van der Waals surface area contributed by atoms with Gasteiger partial charge in [-0.3, -0.25) is 14.6 Å². The van der Waals surface area contributed by atoms with Gasteiger partial charge >= 0.3 is 5.97 Å². The Morgan fingerprint density at radius 3 is 2.58 bits per heavy atom. The Balaban J connectivity index is 1.51. The minimum atomic E-state index is -0.508. The van der Waals surface area contributed by atoms with E-state index < -0.39 is 18.5 Å². The first-order valence-electron chi connectivity index (χ1n) is 10.4. The molecule has 0 saturated heterocycles. The number of nitrogens with one attached hydrogen (secondary N) is 1. The van der Waals surface area contributed by atoms with Crippen LogP contribution in [-0.2, 0) is 22.4 Å². The van der Waals surface area contributed by atoms with E-state index in [-0.39, 0.29) is 5.78 Å². The van der Waals surface area contributed by atoms with Crippen LogP contribution in [0.5, 0.6) is 0 Å². The lowest BCUT2D eigenvalue weighted by Crippen LogP contribution is -2.23. The van der Waals surface area contributed by atoms with Crippen molar-refractivity contribution in [1.29, 1.82) is 0 Å². The third-order valence-electron chi connectivity index (χ3n) is 5.62. The molecule has 2 aromatic carbocycles. The molecule has 3 aromatic rings. The van der Waals surface area contributed by atoms with Crippen LogP contribution >= 0.6 is 0 Å². The van der Waals surface area contributed by atoms with E-state index in [0.717, 1.165) is 41.4 Å². The first-order chi connectivity index (χ1) is 14.9. The Kier molecular flexibility index (Phi) is 5.80. The van der Waals surface area contributed by atoms with Gasteiger partial charge in [0, 0.05) is 22.3 Å². The van der Waals surface area contributed by atoms with Crippen molar-refractivity contribution in [3.8, 4) is 0 Å². The van der Waals surface area contributed by atoms with Gasteiger partial charge in [0.25, 0.3) is 5.91 Å². The van der Waals surface area contributed by atoms with E-state index >= 15 is 0 Å². The number of anilines is 1. The summed E-state index contributed by atoms with van der Waals surface area (Å²) in [6.07, 6.45) is 2.64. The normalized spacial score (nSPS) is 15.2. The van der Waals surface area contributed by atoms with Gasteiger partial charge in [-0.1, -0.05) is 25.1 Å². The van der Waals surface area contributed by atoms with E-state index in [9.17, 15) is 14.4 Å². The van der Waals surface area contributed by atoms with Gasteiger partial charge in [0.15, 0.2) is 12.4 Å². The summed E-state index contributed by atoms with van der Waals surface area (Å²) in [5.41, 5.74) is 4.25. The zero-order valence-electron chi connectivity index (χ0n) is 17.6. The quantitative estimate of drug-likeness (QED) is 0.493. The molecule has 31 heavy (non-hydrogen) atoms. The third-order valence-corrected chi connectivity index (χ3v) is 5.62. The molecular weight excluding hydrogens is 392 g/mol. The van der Waals surface area contributed by atoms with E-state index in [1.54, 1.807) is 24.3 Å². The predicted molar refractivity (Wildman–Crippen MR) is 118 cm³/mol. The smallest absolute Gasteiger partial charge is 0.339 e. The highest BCUT2D eigenvalue weighted by Gasteiger charge is 2.26. The average molecular weight is 416 g/mol. The molecule has 1 aliphatic rings. The monoisotopic (exact) mass is 416 g/mol. The van der Waals surface area contributed by atoms with Crippen molar-refractivity contribution in [2.75, 3.05) is 11.9 Å². The first-order valence-corrected chi connectivity index (χ1v) is 10.4. The molecule has 1 atom stereocenters. The van der Waals surface area contributed by atoms with Crippen LogP contribution in [0, 0.1) is 5.92 Å². The molecule has 1 aliphatic carbocycles. The lowest BCUT2D eigenvalue weighted by molar-refractivity contribution is -0.119. The lowest BCUT2D eigenvalue weighted by atomic mass is 9.84. The van der Waals surface area contributed by atoms with E-state index in [4.69, 9.17) is 9.72 Å². The van der Waals surface area contributed by atoms with Crippen molar-refractivity contribution in [1.82, 2.24) is 4.98 Å². The van der Waals surface area contributed by atoms with Gasteiger partial charge in [0.1, 0.15) is 0 Å². The number of aryl methyl sites for hydroxylation is 1. The molecule has 1 amide bonds. The minimum absolute atomic E-state index is 0.0472. The molecule has 0 spiro atoms. The van der Waals surface area contributed by atoms with Crippen LogP contribution in [0.4, 0.5) is 5.69 Å². The number of hydrogen-bond acceptors (Lipinski definition) is 5. The highest BCUT2D eigenvalue weighted by Crippen LogP contribution is 2.32. The molecule has 6 nitrogen and oxygen atoms in total. The maximum atomic E-state index is 13.0. The largest absolute Gasteiger partial charge is 0.452 e. The molecule has 158 valence electrons. The molecule has 0 unspecified atom stereocenters. The summed E-state index contributed by atoms with van der Waals surface area (Å²) in [6.45, 7) is 3.25. The summed E-state index contributed by atoms with van der Waals surface area (Å²) in [7, 11) is 0. The molecule has 0 radical (unpaired) electrons. The van der Waals surface area contributed by atoms with E-state index in [1.807, 2.05) is 24.3 Å². The van der Waals surface area contributed by atoms with Crippen molar-refractivity contribution in [3.63, 3.8) is 0 Å². The van der Waals surface area contributed by atoms with Crippen LogP contribution in [0.15, 0.2) is 48.5 Å². The molecular formula is C25H24N2O4. The Morgan fingerprint density at radius 1 is 1.10 bits per heavy atom. The molecule has 1 N–H and O–H groups in total. The fourth-order valence-corrected chi connectivity index (χ4v) is 3.98. The number of esters is 1. The maximum absolute atomic E-state index is 13.0. The number of fused-ring (bicyclic) bond motifs is 2. The second-order valence-electron chi connectivity index (χ2n) is 8.04. The van der Waals surface area contributed by atoms with Crippen molar-refractivity contribution in [3.05, 3.63) is 70.9 Å². The van der Waals surface area contributed by atoms with Crippen LogP contribution in [0.3, 0.4) is 0 Å². The number of nitrogens with zero attached hydrogens (tertiary/aromatic N) is 1. The van der Waals surface area contributed by atoms with Crippen molar-refractivity contribution in [2.45, 2.75) is 33.1 Å². The molecule has 4 rings (SSSR count). The van der Waals surface area contributed by atoms with Gasteiger partial charge in [-0.05, 0) is 68.0 Å². The number of Topliss-reactive ketones (excluding diaryl/α,β-unsaturated/α-hetero) is 1. The average Bonchev–Trinajstić information content (AvgIpc) is 2.76. The highest BCUT2D eigenvalue weighted by molar-refractivity contribution is 6.06. The van der Waals surface area contributed by atoms with Crippen LogP contribution in [0.2, 0.25) is 0 Å². The van der Waals surface area contributed by atoms with Crippen LogP contribution in [0.25, 0.3) is 10.9 Å². The van der Waals surface area contributed by atoms with Crippen LogP contribution < -0.4 is 5.32 Å². The summed E-state index contributed by atoms with van der Waals surface area (Å²) < 4.78 is 5.40. The van der Waals surface area contributed by atoms with Crippen LogP contribution in [-0.4, -0.2) is 29.3 Å². The number of carbonyl (C=O) groups excluding carboxylic acids is 3. The van der Waals surface area contributed by atoms with Crippen molar-refractivity contribution >= 4 is 34.3 Å². The predicted octanol–water partition coefficient (Wildman–Crippen LogP) is 4.36. The number of ketones is 1. The minimum Gasteiger partial charge on any atom is -0.452 e. The molecule has 6 heteroatoms. The second-order valence-corrected chi connectivity index (χ2v) is 8.04. The number of hydrogen-bond donors (Lipinski definition) is 1. The van der Waals surface area contributed by atoms with Gasteiger partial charge in [0.2, 0.25) is 0 Å².